The van der Waals surface area contributed by atoms with Crippen molar-refractivity contribution in [2.24, 2.45) is 0 Å². The molecule has 42 heavy (non-hydrogen) atoms. The first-order valence-corrected chi connectivity index (χ1v) is 14.7. The summed E-state index contributed by atoms with van der Waals surface area (Å²) in [5.74, 6) is -0.916. The van der Waals surface area contributed by atoms with Crippen molar-refractivity contribution in [1.29, 1.82) is 0 Å². The molecule has 0 bridgehead atoms. The Morgan fingerprint density at radius 2 is 1.48 bits per heavy atom. The molecule has 3 aromatic carbocycles. The summed E-state index contributed by atoms with van der Waals surface area (Å²) in [6.07, 6.45) is -2.90. The van der Waals surface area contributed by atoms with Gasteiger partial charge in [0, 0.05) is 12.2 Å². The van der Waals surface area contributed by atoms with Crippen molar-refractivity contribution in [3.8, 4) is 5.75 Å². The van der Waals surface area contributed by atoms with Crippen LogP contribution in [0.1, 0.15) is 17.5 Å². The fourth-order valence-corrected chi connectivity index (χ4v) is 5.42. The minimum atomic E-state index is -3.89. The van der Waals surface area contributed by atoms with Gasteiger partial charge in [-0.3, -0.25) is 14.7 Å². The average Bonchev–Trinajstić information content (AvgIpc) is 3.00. The zero-order valence-corrected chi connectivity index (χ0v) is 23.6. The highest BCUT2D eigenvalue weighted by molar-refractivity contribution is 7.59. The predicted molar refractivity (Wildman–Crippen MR) is 151 cm³/mol. The Morgan fingerprint density at radius 3 is 2.05 bits per heavy atom. The van der Waals surface area contributed by atoms with Gasteiger partial charge in [-0.05, 0) is 23.6 Å². The summed E-state index contributed by atoms with van der Waals surface area (Å²) in [7, 11) is -2.77. The molecule has 222 valence electrons. The number of nitro groups is 1. The number of alkyl carbamates (subject to hydrolysis) is 2. The smallest absolute Gasteiger partial charge is 0.408 e. The van der Waals surface area contributed by atoms with Crippen molar-refractivity contribution in [2.75, 3.05) is 19.6 Å². The lowest BCUT2D eigenvalue weighted by atomic mass is 10.2. The lowest BCUT2D eigenvalue weighted by molar-refractivity contribution is -0.384. The van der Waals surface area contributed by atoms with E-state index in [4.69, 9.17) is 18.7 Å². The summed E-state index contributed by atoms with van der Waals surface area (Å²) >= 11 is 0. The second kappa shape index (κ2) is 15.8. The zero-order chi connectivity index (χ0) is 30.4. The van der Waals surface area contributed by atoms with E-state index in [-0.39, 0.29) is 37.2 Å². The number of carbonyl (C=O) groups excluding carboxylic acids is 3. The van der Waals surface area contributed by atoms with Crippen molar-refractivity contribution in [3.63, 3.8) is 0 Å². The van der Waals surface area contributed by atoms with Crippen LogP contribution in [0.2, 0.25) is 0 Å². The first-order chi connectivity index (χ1) is 20.2. The number of amides is 2. The summed E-state index contributed by atoms with van der Waals surface area (Å²) < 4.78 is 34.7. The Hall–Kier alpha value is -4.90. The van der Waals surface area contributed by atoms with Crippen LogP contribution in [-0.2, 0) is 36.8 Å². The number of ether oxygens (including phenoxy) is 3. The van der Waals surface area contributed by atoms with Crippen LogP contribution in [-0.4, -0.2) is 48.7 Å². The van der Waals surface area contributed by atoms with Crippen LogP contribution in [0.5, 0.6) is 5.75 Å². The number of hydrogen-bond acceptors (Lipinski definition) is 10. The van der Waals surface area contributed by atoms with Crippen LogP contribution in [0.15, 0.2) is 84.9 Å². The highest BCUT2D eigenvalue weighted by atomic mass is 31.2. The highest BCUT2D eigenvalue weighted by Gasteiger charge is 2.31. The number of carbonyl (C=O) groups is 3. The van der Waals surface area contributed by atoms with Crippen LogP contribution in [0.4, 0.5) is 15.3 Å². The number of non-ortho nitro benzene ring substituents is 1. The first kappa shape index (κ1) is 31.6. The molecule has 14 heteroatoms. The normalized spacial score (nSPS) is 12.6. The molecule has 0 aromatic heterocycles. The molecule has 2 atom stereocenters. The van der Waals surface area contributed by atoms with E-state index in [0.29, 0.717) is 0 Å². The third-order valence-electron chi connectivity index (χ3n) is 5.73. The molecule has 2 N–H and O–H groups in total. The molecule has 0 fully saturated rings. The first-order valence-electron chi connectivity index (χ1n) is 12.7. The summed E-state index contributed by atoms with van der Waals surface area (Å²) in [4.78, 5) is 47.7. The molecular formula is C28H30N3O10P. The van der Waals surface area contributed by atoms with Crippen molar-refractivity contribution >= 4 is 31.2 Å². The van der Waals surface area contributed by atoms with E-state index < -0.39 is 42.8 Å². The van der Waals surface area contributed by atoms with Gasteiger partial charge in [-0.15, -0.1) is 0 Å². The number of methoxy groups -OCH3 is 1. The number of benzene rings is 3. The minimum absolute atomic E-state index is 0.0395. The molecule has 3 aromatic rings. The van der Waals surface area contributed by atoms with Gasteiger partial charge in [0.2, 0.25) is 0 Å². The number of nitro benzene ring substituents is 1. The van der Waals surface area contributed by atoms with Crippen LogP contribution in [0.3, 0.4) is 0 Å². The third-order valence-corrected chi connectivity index (χ3v) is 7.85. The van der Waals surface area contributed by atoms with Gasteiger partial charge in [-0.2, -0.15) is 0 Å². The Morgan fingerprint density at radius 1 is 0.881 bits per heavy atom. The van der Waals surface area contributed by atoms with Crippen LogP contribution in [0.25, 0.3) is 0 Å². The SMILES string of the molecule is COC(=O)[C@H](CCP(=O)(CNC(=O)OCc1ccccc1)Oc1cccc([N+](=O)[O-])c1)NC(=O)OCc1ccccc1. The van der Waals surface area contributed by atoms with Crippen molar-refractivity contribution in [3.05, 3.63) is 106 Å². The molecule has 0 saturated carbocycles. The number of hydrogen-bond donors (Lipinski definition) is 2. The number of nitrogens with zero attached hydrogens (tertiary/aromatic N) is 1. The van der Waals surface area contributed by atoms with Crippen LogP contribution in [0, 0.1) is 10.1 Å². The monoisotopic (exact) mass is 599 g/mol. The van der Waals surface area contributed by atoms with Crippen LogP contribution >= 0.6 is 7.37 Å². The van der Waals surface area contributed by atoms with E-state index in [1.807, 2.05) is 12.1 Å². The summed E-state index contributed by atoms with van der Waals surface area (Å²) in [6.45, 7) is -0.0912. The fraction of sp³-hybridized carbons (Fsp3) is 0.250. The van der Waals surface area contributed by atoms with E-state index in [9.17, 15) is 29.1 Å². The fourth-order valence-electron chi connectivity index (χ4n) is 3.59. The van der Waals surface area contributed by atoms with Gasteiger partial charge in [-0.25, -0.2) is 14.4 Å². The summed E-state index contributed by atoms with van der Waals surface area (Å²) in [6, 6.07) is 21.5. The van der Waals surface area contributed by atoms with Gasteiger partial charge >= 0.3 is 18.2 Å². The molecule has 13 nitrogen and oxygen atoms in total. The largest absolute Gasteiger partial charge is 0.467 e. The molecule has 1 unspecified atom stereocenters. The molecule has 0 heterocycles. The maximum Gasteiger partial charge on any atom is 0.408 e. The topological polar surface area (TPSA) is 172 Å². The Kier molecular flexibility index (Phi) is 11.9. The van der Waals surface area contributed by atoms with E-state index >= 15 is 0 Å². The van der Waals surface area contributed by atoms with E-state index in [2.05, 4.69) is 10.6 Å². The molecule has 0 aliphatic heterocycles. The lowest BCUT2D eigenvalue weighted by Crippen LogP contribution is -2.42. The van der Waals surface area contributed by atoms with Gasteiger partial charge in [0.1, 0.15) is 31.3 Å². The maximum atomic E-state index is 13.9. The Labute approximate surface area is 241 Å². The number of esters is 1. The quantitative estimate of drug-likeness (QED) is 0.0845. The number of nitrogens with one attached hydrogen (secondary N) is 2. The van der Waals surface area contributed by atoms with Gasteiger partial charge in [-0.1, -0.05) is 66.7 Å². The van der Waals surface area contributed by atoms with Crippen LogP contribution < -0.4 is 15.2 Å². The van der Waals surface area contributed by atoms with Gasteiger partial charge in [0.15, 0.2) is 0 Å². The van der Waals surface area contributed by atoms with Gasteiger partial charge in [0.05, 0.1) is 18.1 Å². The molecule has 2 amide bonds. The maximum absolute atomic E-state index is 13.9. The second-order valence-electron chi connectivity index (χ2n) is 8.85. The van der Waals surface area contributed by atoms with E-state index in [0.717, 1.165) is 24.3 Å². The van der Waals surface area contributed by atoms with Crippen molar-refractivity contribution in [2.45, 2.75) is 25.7 Å². The summed E-state index contributed by atoms with van der Waals surface area (Å²) in [5.41, 5.74) is 1.15. The zero-order valence-electron chi connectivity index (χ0n) is 22.7. The summed E-state index contributed by atoms with van der Waals surface area (Å²) in [5, 5.41) is 16.0. The van der Waals surface area contributed by atoms with E-state index in [1.165, 1.54) is 18.2 Å². The molecule has 0 spiro atoms. The minimum Gasteiger partial charge on any atom is -0.467 e. The molecule has 3 rings (SSSR count). The molecule has 0 radical (unpaired) electrons. The standard InChI is InChI=1S/C28H30N3O10P/c1-38-26(32)25(30-28(34)40-19-22-11-6-3-7-12-22)15-16-42(37,41-24-14-8-13-23(17-24)31(35)36)20-29-27(33)39-18-21-9-4-2-5-10-21/h2-14,17,25H,15-16,18-20H2,1H3,(H,29,33)(H,30,34)/t25-,42?/m0/s1. The predicted octanol–water partition coefficient (Wildman–Crippen LogP) is 4.99. The Bertz CT molecular complexity index is 1410. The third kappa shape index (κ3) is 10.6. The molecular weight excluding hydrogens is 569 g/mol. The molecule has 0 aliphatic rings. The van der Waals surface area contributed by atoms with Crippen molar-refractivity contribution in [1.82, 2.24) is 10.6 Å². The van der Waals surface area contributed by atoms with Crippen molar-refractivity contribution < 1.29 is 42.6 Å². The highest BCUT2D eigenvalue weighted by Crippen LogP contribution is 2.47. The Balaban J connectivity index is 1.68. The van der Waals surface area contributed by atoms with Gasteiger partial charge < -0.3 is 29.4 Å². The number of rotatable bonds is 14. The molecule has 0 aliphatic carbocycles. The lowest BCUT2D eigenvalue weighted by Gasteiger charge is -2.22. The van der Waals surface area contributed by atoms with E-state index in [1.54, 1.807) is 48.5 Å². The second-order valence-corrected chi connectivity index (χ2v) is 11.4. The molecule has 0 saturated heterocycles. The average molecular weight is 600 g/mol. The van der Waals surface area contributed by atoms with Gasteiger partial charge in [0.25, 0.3) is 13.1 Å².